The number of nitrogens with zero attached hydrogens (tertiary/aromatic N) is 1. The first-order valence-electron chi connectivity index (χ1n) is 9.57. The van der Waals surface area contributed by atoms with Crippen LogP contribution < -0.4 is 9.50 Å². The normalized spacial score (nSPS) is 10.9. The number of carbonyl (C=O) groups excluding carboxylic acids is 2. The van der Waals surface area contributed by atoms with Crippen LogP contribution in [0.1, 0.15) is 15.9 Å². The van der Waals surface area contributed by atoms with Gasteiger partial charge in [-0.15, -0.1) is 0 Å². The number of aryl methyl sites for hydroxylation is 1. The van der Waals surface area contributed by atoms with Gasteiger partial charge in [0.2, 0.25) is 0 Å². The molecule has 0 heterocycles. The predicted molar refractivity (Wildman–Crippen MR) is 117 cm³/mol. The van der Waals surface area contributed by atoms with Gasteiger partial charge >= 0.3 is 16.1 Å². The number of benzene rings is 3. The van der Waals surface area contributed by atoms with Crippen LogP contribution in [-0.4, -0.2) is 31.8 Å². The smallest absolute Gasteiger partial charge is 0.339 e. The molecule has 0 radical (unpaired) electrons. The molecule has 0 aliphatic heterocycles. The zero-order chi connectivity index (χ0) is 24.9. The van der Waals surface area contributed by atoms with Gasteiger partial charge in [-0.1, -0.05) is 12.1 Å². The highest BCUT2D eigenvalue weighted by molar-refractivity contribution is 7.87. The third kappa shape index (κ3) is 6.13. The molecule has 0 aliphatic rings. The molecule has 0 bridgehead atoms. The fourth-order valence-corrected chi connectivity index (χ4v) is 3.67. The Labute approximate surface area is 193 Å². The highest BCUT2D eigenvalue weighted by Crippen LogP contribution is 2.22. The highest BCUT2D eigenvalue weighted by Gasteiger charge is 2.20. The van der Waals surface area contributed by atoms with Crippen molar-refractivity contribution in [1.82, 2.24) is 0 Å². The average molecular weight is 488 g/mol. The highest BCUT2D eigenvalue weighted by atomic mass is 32.2. The molecular formula is C22H17FN2O8S. The second-order valence-electron chi connectivity index (χ2n) is 6.90. The number of nitro benzene ring substituents is 1. The Morgan fingerprint density at radius 2 is 1.76 bits per heavy atom. The fourth-order valence-electron chi connectivity index (χ4n) is 2.70. The number of anilines is 1. The van der Waals surface area contributed by atoms with Crippen molar-refractivity contribution in [3.63, 3.8) is 0 Å². The van der Waals surface area contributed by atoms with E-state index in [0.29, 0.717) is 5.56 Å². The first kappa shape index (κ1) is 24.3. The summed E-state index contributed by atoms with van der Waals surface area (Å²) in [6, 6.07) is 13.0. The number of carbonyl (C=O) groups is 2. The number of halogens is 1. The third-order valence-corrected chi connectivity index (χ3v) is 5.66. The Balaban J connectivity index is 1.60. The van der Waals surface area contributed by atoms with E-state index >= 15 is 0 Å². The number of ether oxygens (including phenoxy) is 1. The zero-order valence-electron chi connectivity index (χ0n) is 17.6. The zero-order valence-corrected chi connectivity index (χ0v) is 18.4. The topological polar surface area (TPSA) is 142 Å². The van der Waals surface area contributed by atoms with Crippen LogP contribution in [0.5, 0.6) is 5.75 Å². The van der Waals surface area contributed by atoms with Crippen LogP contribution in [0.2, 0.25) is 0 Å². The van der Waals surface area contributed by atoms with Gasteiger partial charge in [-0.25, -0.2) is 9.18 Å². The standard InChI is InChI=1S/C22H17FN2O8S/c1-14-5-8-16(23)11-20(14)24-21(26)13-32-22(27)15-6-9-18(10-7-15)33-34(30,31)19-4-2-3-17(12-19)25(28)29/h2-12H,13H2,1H3,(H,24,26). The summed E-state index contributed by atoms with van der Waals surface area (Å²) in [5.41, 5.74) is 0.457. The molecule has 1 amide bonds. The van der Waals surface area contributed by atoms with E-state index in [2.05, 4.69) is 5.32 Å². The summed E-state index contributed by atoms with van der Waals surface area (Å²) in [4.78, 5) is 33.8. The summed E-state index contributed by atoms with van der Waals surface area (Å²) in [6.45, 7) is 1.04. The molecule has 0 fully saturated rings. The van der Waals surface area contributed by atoms with E-state index in [4.69, 9.17) is 8.92 Å². The second-order valence-corrected chi connectivity index (χ2v) is 8.45. The number of esters is 1. The van der Waals surface area contributed by atoms with E-state index in [0.717, 1.165) is 24.3 Å². The summed E-state index contributed by atoms with van der Waals surface area (Å²) in [6.07, 6.45) is 0. The Morgan fingerprint density at radius 3 is 2.44 bits per heavy atom. The van der Waals surface area contributed by atoms with Crippen LogP contribution in [0, 0.1) is 22.9 Å². The Morgan fingerprint density at radius 1 is 1.06 bits per heavy atom. The largest absolute Gasteiger partial charge is 0.452 e. The minimum atomic E-state index is -4.36. The van der Waals surface area contributed by atoms with E-state index in [-0.39, 0.29) is 17.0 Å². The van der Waals surface area contributed by atoms with E-state index in [1.54, 1.807) is 6.92 Å². The van der Waals surface area contributed by atoms with Gasteiger partial charge in [-0.2, -0.15) is 8.42 Å². The van der Waals surface area contributed by atoms with Crippen LogP contribution >= 0.6 is 0 Å². The van der Waals surface area contributed by atoms with Gasteiger partial charge < -0.3 is 14.2 Å². The first-order valence-corrected chi connectivity index (χ1v) is 11.0. The van der Waals surface area contributed by atoms with Crippen molar-refractivity contribution in [2.45, 2.75) is 11.8 Å². The molecule has 176 valence electrons. The van der Waals surface area contributed by atoms with Crippen LogP contribution in [-0.2, 0) is 19.6 Å². The molecule has 1 N–H and O–H groups in total. The van der Waals surface area contributed by atoms with Gasteiger partial charge in [0, 0.05) is 17.8 Å². The average Bonchev–Trinajstić information content (AvgIpc) is 2.80. The molecule has 34 heavy (non-hydrogen) atoms. The molecule has 0 spiro atoms. The van der Waals surface area contributed by atoms with Crippen LogP contribution in [0.3, 0.4) is 0 Å². The maximum Gasteiger partial charge on any atom is 0.339 e. The van der Waals surface area contributed by atoms with E-state index in [9.17, 15) is 32.5 Å². The third-order valence-electron chi connectivity index (χ3n) is 4.42. The summed E-state index contributed by atoms with van der Waals surface area (Å²) < 4.78 is 47.9. The number of hydrogen-bond acceptors (Lipinski definition) is 8. The van der Waals surface area contributed by atoms with Gasteiger partial charge in [-0.05, 0) is 55.0 Å². The molecule has 0 saturated carbocycles. The maximum absolute atomic E-state index is 13.3. The lowest BCUT2D eigenvalue weighted by Gasteiger charge is -2.10. The van der Waals surface area contributed by atoms with Crippen molar-refractivity contribution in [3.8, 4) is 5.75 Å². The lowest BCUT2D eigenvalue weighted by molar-refractivity contribution is -0.385. The predicted octanol–water partition coefficient (Wildman–Crippen LogP) is 3.61. The molecule has 10 nitrogen and oxygen atoms in total. The Hall–Kier alpha value is -4.32. The molecule has 3 rings (SSSR count). The lowest BCUT2D eigenvalue weighted by Crippen LogP contribution is -2.21. The summed E-state index contributed by atoms with van der Waals surface area (Å²) in [7, 11) is -4.36. The molecule has 12 heteroatoms. The first-order chi connectivity index (χ1) is 16.0. The van der Waals surface area contributed by atoms with Gasteiger partial charge in [-0.3, -0.25) is 14.9 Å². The van der Waals surface area contributed by atoms with Crippen molar-refractivity contribution >= 4 is 33.4 Å². The van der Waals surface area contributed by atoms with Gasteiger partial charge in [0.25, 0.3) is 11.6 Å². The molecule has 3 aromatic carbocycles. The van der Waals surface area contributed by atoms with Crippen LogP contribution in [0.15, 0.2) is 71.6 Å². The number of nitro groups is 1. The molecule has 0 atom stereocenters. The number of rotatable bonds is 8. The van der Waals surface area contributed by atoms with E-state index < -0.39 is 49.9 Å². The molecule has 3 aromatic rings. The van der Waals surface area contributed by atoms with Crippen molar-refractivity contribution < 1.29 is 36.2 Å². The molecule has 0 unspecified atom stereocenters. The van der Waals surface area contributed by atoms with Crippen molar-refractivity contribution in [2.75, 3.05) is 11.9 Å². The number of amides is 1. The van der Waals surface area contributed by atoms with Crippen LogP contribution in [0.4, 0.5) is 15.8 Å². The SMILES string of the molecule is Cc1ccc(F)cc1NC(=O)COC(=O)c1ccc(OS(=O)(=O)c2cccc([N+](=O)[O-])c2)cc1. The number of non-ortho nitro benzene ring substituents is 1. The van der Waals surface area contributed by atoms with Gasteiger partial charge in [0.15, 0.2) is 6.61 Å². The second kappa shape index (κ2) is 10.1. The van der Waals surface area contributed by atoms with Gasteiger partial charge in [0.05, 0.1) is 10.5 Å². The number of hydrogen-bond donors (Lipinski definition) is 1. The van der Waals surface area contributed by atoms with E-state index in [1.807, 2.05) is 0 Å². The summed E-state index contributed by atoms with van der Waals surface area (Å²) in [5.74, 6) is -2.22. The van der Waals surface area contributed by atoms with Crippen molar-refractivity contribution in [1.29, 1.82) is 0 Å². The van der Waals surface area contributed by atoms with Crippen molar-refractivity contribution in [3.05, 3.63) is 93.8 Å². The quantitative estimate of drug-likeness (QED) is 0.219. The number of nitrogens with one attached hydrogen (secondary N) is 1. The maximum atomic E-state index is 13.3. The molecule has 0 saturated heterocycles. The van der Waals surface area contributed by atoms with Crippen LogP contribution in [0.25, 0.3) is 0 Å². The fraction of sp³-hybridized carbons (Fsp3) is 0.0909. The summed E-state index contributed by atoms with van der Waals surface area (Å²) >= 11 is 0. The van der Waals surface area contributed by atoms with E-state index in [1.165, 1.54) is 42.5 Å². The molecule has 0 aromatic heterocycles. The minimum Gasteiger partial charge on any atom is -0.452 e. The molecule has 0 aliphatic carbocycles. The Bertz CT molecular complexity index is 1360. The minimum absolute atomic E-state index is 0.00910. The Kier molecular flexibility index (Phi) is 7.21. The lowest BCUT2D eigenvalue weighted by atomic mass is 10.2. The molecular weight excluding hydrogens is 471 g/mol. The monoisotopic (exact) mass is 488 g/mol. The van der Waals surface area contributed by atoms with Crippen molar-refractivity contribution in [2.24, 2.45) is 0 Å². The van der Waals surface area contributed by atoms with Gasteiger partial charge in [0.1, 0.15) is 16.5 Å². The summed E-state index contributed by atoms with van der Waals surface area (Å²) in [5, 5.41) is 13.3.